The number of hydrogen-bond donors (Lipinski definition) is 1. The zero-order valence-electron chi connectivity index (χ0n) is 12.1. The minimum absolute atomic E-state index is 0.409. The summed E-state index contributed by atoms with van der Waals surface area (Å²) in [5, 5.41) is 0. The van der Waals surface area contributed by atoms with E-state index in [1.807, 2.05) is 6.07 Å². The summed E-state index contributed by atoms with van der Waals surface area (Å²) in [5.74, 6) is 1.27. The molecule has 20 heavy (non-hydrogen) atoms. The molecule has 1 aromatic carbocycles. The van der Waals surface area contributed by atoms with Crippen molar-refractivity contribution in [3.05, 3.63) is 29.8 Å². The average Bonchev–Trinajstić information content (AvgIpc) is 2.48. The van der Waals surface area contributed by atoms with Gasteiger partial charge in [0.05, 0.1) is 6.61 Å². The van der Waals surface area contributed by atoms with Crippen LogP contribution in [0.4, 0.5) is 0 Å². The van der Waals surface area contributed by atoms with E-state index in [0.717, 1.165) is 24.7 Å². The normalized spacial score (nSPS) is 16.0. The molecular formula is C17H25NO2. The highest BCUT2D eigenvalue weighted by Gasteiger charge is 2.12. The molecule has 0 atom stereocenters. The maximum absolute atomic E-state index is 11.1. The predicted octanol–water partition coefficient (Wildman–Crippen LogP) is 3.91. The van der Waals surface area contributed by atoms with E-state index >= 15 is 0 Å². The van der Waals surface area contributed by atoms with Gasteiger partial charge in [0.25, 0.3) is 0 Å². The third kappa shape index (κ3) is 4.87. The molecule has 0 radical (unpaired) electrons. The van der Waals surface area contributed by atoms with Crippen molar-refractivity contribution in [1.29, 1.82) is 0 Å². The van der Waals surface area contributed by atoms with E-state index in [2.05, 4.69) is 0 Å². The van der Waals surface area contributed by atoms with Crippen LogP contribution in [0.1, 0.15) is 61.7 Å². The van der Waals surface area contributed by atoms with E-state index in [1.54, 1.807) is 18.2 Å². The zero-order chi connectivity index (χ0) is 14.2. The van der Waals surface area contributed by atoms with Crippen LogP contribution in [0.3, 0.4) is 0 Å². The number of rotatable bonds is 7. The molecule has 110 valence electrons. The summed E-state index contributed by atoms with van der Waals surface area (Å²) in [5.41, 5.74) is 5.75. The molecule has 0 bridgehead atoms. The minimum atomic E-state index is -0.409. The second-order valence-electron chi connectivity index (χ2n) is 5.74. The summed E-state index contributed by atoms with van der Waals surface area (Å²) >= 11 is 0. The second kappa shape index (κ2) is 7.93. The van der Waals surface area contributed by atoms with E-state index in [9.17, 15) is 4.79 Å². The van der Waals surface area contributed by atoms with Crippen LogP contribution in [0.25, 0.3) is 0 Å². The number of primary amides is 1. The van der Waals surface area contributed by atoms with Crippen LogP contribution in [0.15, 0.2) is 24.3 Å². The number of hydrogen-bond acceptors (Lipinski definition) is 2. The van der Waals surface area contributed by atoms with Crippen molar-refractivity contribution in [2.24, 2.45) is 11.7 Å². The topological polar surface area (TPSA) is 52.3 Å². The van der Waals surface area contributed by atoms with Crippen molar-refractivity contribution in [1.82, 2.24) is 0 Å². The maximum atomic E-state index is 11.1. The van der Waals surface area contributed by atoms with Gasteiger partial charge in [0.15, 0.2) is 0 Å². The van der Waals surface area contributed by atoms with Gasteiger partial charge in [0, 0.05) is 5.56 Å². The van der Waals surface area contributed by atoms with E-state index in [0.29, 0.717) is 5.56 Å². The van der Waals surface area contributed by atoms with E-state index < -0.39 is 5.91 Å². The lowest BCUT2D eigenvalue weighted by Crippen LogP contribution is -2.11. The van der Waals surface area contributed by atoms with Gasteiger partial charge in [-0.25, -0.2) is 0 Å². The van der Waals surface area contributed by atoms with Gasteiger partial charge in [-0.15, -0.1) is 0 Å². The van der Waals surface area contributed by atoms with Crippen LogP contribution in [0, 0.1) is 5.92 Å². The molecule has 1 amide bonds. The Labute approximate surface area is 121 Å². The van der Waals surface area contributed by atoms with Crippen molar-refractivity contribution in [3.8, 4) is 5.75 Å². The third-order valence-electron chi connectivity index (χ3n) is 4.12. The second-order valence-corrected chi connectivity index (χ2v) is 5.74. The number of carbonyl (C=O) groups is 1. The molecule has 0 heterocycles. The first-order valence-corrected chi connectivity index (χ1v) is 7.78. The number of amides is 1. The van der Waals surface area contributed by atoms with E-state index in [-0.39, 0.29) is 0 Å². The smallest absolute Gasteiger partial charge is 0.248 e. The lowest BCUT2D eigenvalue weighted by Gasteiger charge is -2.21. The zero-order valence-corrected chi connectivity index (χ0v) is 12.1. The molecule has 2 rings (SSSR count). The Morgan fingerprint density at radius 1 is 1.20 bits per heavy atom. The first-order valence-electron chi connectivity index (χ1n) is 7.78. The van der Waals surface area contributed by atoms with Crippen molar-refractivity contribution < 1.29 is 9.53 Å². The lowest BCUT2D eigenvalue weighted by molar-refractivity contribution is 0.1000. The van der Waals surface area contributed by atoms with Gasteiger partial charge in [-0.05, 0) is 37.0 Å². The quantitative estimate of drug-likeness (QED) is 0.767. The fraction of sp³-hybridized carbons (Fsp3) is 0.588. The number of ether oxygens (including phenoxy) is 1. The van der Waals surface area contributed by atoms with E-state index in [1.165, 1.54) is 44.9 Å². The summed E-state index contributed by atoms with van der Waals surface area (Å²) in [7, 11) is 0. The Hall–Kier alpha value is -1.51. The van der Waals surface area contributed by atoms with Crippen molar-refractivity contribution in [2.75, 3.05) is 6.61 Å². The number of carbonyl (C=O) groups excluding carboxylic acids is 1. The first-order chi connectivity index (χ1) is 9.75. The Bertz CT molecular complexity index is 425. The van der Waals surface area contributed by atoms with Gasteiger partial charge in [0.2, 0.25) is 5.91 Å². The Morgan fingerprint density at radius 2 is 2.00 bits per heavy atom. The van der Waals surface area contributed by atoms with Crippen molar-refractivity contribution in [2.45, 2.75) is 51.4 Å². The van der Waals surface area contributed by atoms with Crippen LogP contribution in [-0.4, -0.2) is 12.5 Å². The summed E-state index contributed by atoms with van der Waals surface area (Å²) in [6.07, 6.45) is 10.8. The van der Waals surface area contributed by atoms with Gasteiger partial charge >= 0.3 is 0 Å². The molecule has 3 nitrogen and oxygen atoms in total. The molecule has 0 aromatic heterocycles. The molecular weight excluding hydrogens is 250 g/mol. The van der Waals surface area contributed by atoms with Crippen molar-refractivity contribution in [3.63, 3.8) is 0 Å². The van der Waals surface area contributed by atoms with Crippen LogP contribution in [-0.2, 0) is 0 Å². The van der Waals surface area contributed by atoms with Crippen LogP contribution in [0.5, 0.6) is 5.75 Å². The molecule has 0 aliphatic heterocycles. The third-order valence-corrected chi connectivity index (χ3v) is 4.12. The van der Waals surface area contributed by atoms with Gasteiger partial charge in [-0.2, -0.15) is 0 Å². The number of unbranched alkanes of at least 4 members (excludes halogenated alkanes) is 1. The fourth-order valence-electron chi connectivity index (χ4n) is 2.94. The SMILES string of the molecule is NC(=O)c1cccc(OCCCCC2CCCCC2)c1. The molecule has 0 unspecified atom stereocenters. The maximum Gasteiger partial charge on any atom is 0.248 e. The molecule has 1 aliphatic rings. The van der Waals surface area contributed by atoms with Gasteiger partial charge in [-0.3, -0.25) is 4.79 Å². The standard InChI is InChI=1S/C17H25NO2/c18-17(19)15-10-6-11-16(13-15)20-12-5-4-9-14-7-2-1-3-8-14/h6,10-11,13-14H,1-5,7-9,12H2,(H2,18,19). The molecule has 3 heteroatoms. The molecule has 2 N–H and O–H groups in total. The molecule has 1 aromatic rings. The molecule has 0 spiro atoms. The monoisotopic (exact) mass is 275 g/mol. The minimum Gasteiger partial charge on any atom is -0.494 e. The molecule has 1 saturated carbocycles. The fourth-order valence-corrected chi connectivity index (χ4v) is 2.94. The summed E-state index contributed by atoms with van der Waals surface area (Å²) in [4.78, 5) is 11.1. The summed E-state index contributed by atoms with van der Waals surface area (Å²) in [6.45, 7) is 0.717. The van der Waals surface area contributed by atoms with Crippen molar-refractivity contribution >= 4 is 5.91 Å². The molecule has 0 saturated heterocycles. The van der Waals surface area contributed by atoms with Gasteiger partial charge in [0.1, 0.15) is 5.75 Å². The van der Waals surface area contributed by atoms with Gasteiger partial charge < -0.3 is 10.5 Å². The highest BCUT2D eigenvalue weighted by atomic mass is 16.5. The average molecular weight is 275 g/mol. The number of benzene rings is 1. The van der Waals surface area contributed by atoms with E-state index in [4.69, 9.17) is 10.5 Å². The lowest BCUT2D eigenvalue weighted by atomic mass is 9.86. The Kier molecular flexibility index (Phi) is 5.90. The largest absolute Gasteiger partial charge is 0.494 e. The van der Waals surface area contributed by atoms with Crippen LogP contribution >= 0.6 is 0 Å². The Morgan fingerprint density at radius 3 is 2.75 bits per heavy atom. The first kappa shape index (κ1) is 14.9. The Balaban J connectivity index is 1.63. The number of nitrogens with two attached hydrogens (primary N) is 1. The van der Waals surface area contributed by atoms with Gasteiger partial charge in [-0.1, -0.05) is 44.6 Å². The summed E-state index contributed by atoms with van der Waals surface area (Å²) in [6, 6.07) is 7.09. The molecule has 1 aliphatic carbocycles. The van der Waals surface area contributed by atoms with Crippen LogP contribution in [0.2, 0.25) is 0 Å². The molecule has 1 fully saturated rings. The highest BCUT2D eigenvalue weighted by molar-refractivity contribution is 5.93. The van der Waals surface area contributed by atoms with Crippen LogP contribution < -0.4 is 10.5 Å². The summed E-state index contributed by atoms with van der Waals surface area (Å²) < 4.78 is 5.68. The highest BCUT2D eigenvalue weighted by Crippen LogP contribution is 2.27. The predicted molar refractivity (Wildman–Crippen MR) is 80.9 cm³/mol.